The van der Waals surface area contributed by atoms with Crippen LogP contribution >= 0.6 is 31.3 Å². The summed E-state index contributed by atoms with van der Waals surface area (Å²) in [7, 11) is -22.6. The fourth-order valence-corrected chi connectivity index (χ4v) is 4.40. The Labute approximate surface area is 288 Å². The molecule has 0 bridgehead atoms. The maximum absolute atomic E-state index is 10.7. The van der Waals surface area contributed by atoms with Crippen LogP contribution < -0.4 is 0 Å². The molecule has 21 heteroatoms. The third-order valence-corrected chi connectivity index (χ3v) is 5.63. The fraction of sp³-hybridized carbons (Fsp3) is 0. The summed E-state index contributed by atoms with van der Waals surface area (Å²) in [6.07, 6.45) is 0. The molecule has 21 heavy (non-hydrogen) atoms. The Balaban J connectivity index is -0.000000213. The van der Waals surface area contributed by atoms with E-state index in [1.165, 1.54) is 0 Å². The SMILES string of the molecule is O=P(O)(O)OP(=O)(O)OP(=O)(O)OP(=O)(O)O.[KH].[KH].[KH].[KH]. The van der Waals surface area contributed by atoms with E-state index in [0.717, 1.165) is 0 Å². The summed E-state index contributed by atoms with van der Waals surface area (Å²) >= 11 is 0. The van der Waals surface area contributed by atoms with E-state index < -0.39 is 31.3 Å². The van der Waals surface area contributed by atoms with E-state index in [9.17, 15) is 18.3 Å². The third-order valence-electron chi connectivity index (χ3n) is 0.625. The number of phosphoric acid groups is 4. The summed E-state index contributed by atoms with van der Waals surface area (Å²) in [6.45, 7) is 0. The summed E-state index contributed by atoms with van der Waals surface area (Å²) in [6, 6.07) is 0. The van der Waals surface area contributed by atoms with Crippen molar-refractivity contribution >= 4 is 237 Å². The fourth-order valence-electron chi connectivity index (χ4n) is 0.429. The van der Waals surface area contributed by atoms with Gasteiger partial charge >= 0.3 is 237 Å². The second kappa shape index (κ2) is 15.9. The van der Waals surface area contributed by atoms with Crippen LogP contribution in [0.4, 0.5) is 0 Å². The van der Waals surface area contributed by atoms with Crippen molar-refractivity contribution < 1.29 is 60.6 Å². The molecule has 0 heterocycles. The molecule has 2 atom stereocenters. The Hall–Kier alpha value is 7.11. The van der Waals surface area contributed by atoms with Crippen LogP contribution in [0.2, 0.25) is 0 Å². The van der Waals surface area contributed by atoms with Gasteiger partial charge in [0.2, 0.25) is 0 Å². The summed E-state index contributed by atoms with van der Waals surface area (Å²) in [4.78, 5) is 49.4. The van der Waals surface area contributed by atoms with Gasteiger partial charge in [0.1, 0.15) is 0 Å². The molecule has 0 radical (unpaired) electrons. The van der Waals surface area contributed by atoms with Crippen molar-refractivity contribution in [3.63, 3.8) is 0 Å². The molecule has 112 valence electrons. The van der Waals surface area contributed by atoms with E-state index in [1.54, 1.807) is 0 Å². The maximum atomic E-state index is 10.7. The topological polar surface area (TPSA) is 217 Å². The van der Waals surface area contributed by atoms with Crippen molar-refractivity contribution in [3.05, 3.63) is 0 Å². The van der Waals surface area contributed by atoms with Gasteiger partial charge in [-0.15, -0.1) is 0 Å². The minimum atomic E-state index is -5.77. The molecule has 0 fully saturated rings. The first kappa shape index (κ1) is 38.7. The van der Waals surface area contributed by atoms with Crippen LogP contribution in [0.25, 0.3) is 0 Å². The zero-order valence-electron chi connectivity index (χ0n) is 7.33. The molecule has 0 spiro atoms. The third kappa shape index (κ3) is 27.1. The van der Waals surface area contributed by atoms with Gasteiger partial charge < -0.3 is 29.4 Å². The van der Waals surface area contributed by atoms with Crippen molar-refractivity contribution in [1.82, 2.24) is 0 Å². The number of hydrogen-bond donors (Lipinski definition) is 6. The molecule has 0 aliphatic carbocycles. The second-order valence-electron chi connectivity index (χ2n) is 2.16. The Kier molecular flexibility index (Phi) is 29.3. The van der Waals surface area contributed by atoms with Crippen LogP contribution in [0.3, 0.4) is 0 Å². The average molecular weight is 498 g/mol. The first-order valence-electron chi connectivity index (χ1n) is 3.03. The Morgan fingerprint density at radius 3 is 0.810 bits per heavy atom. The van der Waals surface area contributed by atoms with E-state index in [0.29, 0.717) is 0 Å². The van der Waals surface area contributed by atoms with E-state index in [4.69, 9.17) is 29.4 Å². The Morgan fingerprint density at radius 1 is 0.476 bits per heavy atom. The molecular weight excluding hydrogens is 488 g/mol. The van der Waals surface area contributed by atoms with Crippen molar-refractivity contribution in [2.75, 3.05) is 0 Å². The molecule has 6 N–H and O–H groups in total. The van der Waals surface area contributed by atoms with Gasteiger partial charge in [-0.25, -0.2) is 18.3 Å². The van der Waals surface area contributed by atoms with Gasteiger partial charge in [0.15, 0.2) is 0 Å². The van der Waals surface area contributed by atoms with Gasteiger partial charge in [-0.05, 0) is 0 Å². The standard InChI is InChI=1S/4K.H6O13P4.4H/c;;;;1-14(2,3)11-16(7,8)13-17(9,10)12-15(4,5)6;;;;/h;;;;(H,7,8)(H,9,10)(H2,1,2,3)(H2,4,5,6);;;;. The van der Waals surface area contributed by atoms with Gasteiger partial charge in [-0.3, -0.25) is 0 Å². The normalized spacial score (nSPS) is 16.7. The number of hydrogen-bond acceptors (Lipinski definition) is 7. The quantitative estimate of drug-likeness (QED) is 0.157. The molecule has 0 aliphatic heterocycles. The molecule has 13 nitrogen and oxygen atoms in total. The molecule has 0 aliphatic rings. The second-order valence-corrected chi connectivity index (χ2v) is 7.96. The van der Waals surface area contributed by atoms with Gasteiger partial charge in [0, 0.05) is 0 Å². The van der Waals surface area contributed by atoms with Crippen LogP contribution in [0.1, 0.15) is 0 Å². The summed E-state index contributed by atoms with van der Waals surface area (Å²) in [5, 5.41) is 0. The van der Waals surface area contributed by atoms with Crippen LogP contribution in [0.15, 0.2) is 0 Å². The van der Waals surface area contributed by atoms with Gasteiger partial charge in [0.25, 0.3) is 0 Å². The number of rotatable bonds is 6. The molecule has 0 aromatic carbocycles. The molecule has 0 saturated heterocycles. The van der Waals surface area contributed by atoms with Crippen molar-refractivity contribution in [2.24, 2.45) is 0 Å². The van der Waals surface area contributed by atoms with Crippen LogP contribution in [-0.4, -0.2) is 235 Å². The summed E-state index contributed by atoms with van der Waals surface area (Å²) in [5.41, 5.74) is 0. The van der Waals surface area contributed by atoms with E-state index in [-0.39, 0.29) is 206 Å². The van der Waals surface area contributed by atoms with Gasteiger partial charge in [0.05, 0.1) is 0 Å². The van der Waals surface area contributed by atoms with E-state index in [2.05, 4.69) is 12.9 Å². The van der Waals surface area contributed by atoms with Gasteiger partial charge in [-0.1, -0.05) is 0 Å². The molecule has 0 saturated carbocycles. The zero-order valence-corrected chi connectivity index (χ0v) is 10.9. The minimum absolute atomic E-state index is 0. The van der Waals surface area contributed by atoms with Crippen LogP contribution in [-0.2, 0) is 31.2 Å². The Morgan fingerprint density at radius 2 is 0.667 bits per heavy atom. The van der Waals surface area contributed by atoms with Crippen LogP contribution in [0, 0.1) is 0 Å². The first-order valence-corrected chi connectivity index (χ1v) is 9.08. The molecule has 0 rings (SSSR count). The van der Waals surface area contributed by atoms with E-state index in [1.807, 2.05) is 0 Å². The summed E-state index contributed by atoms with van der Waals surface area (Å²) in [5.74, 6) is 0. The molecule has 0 amide bonds. The van der Waals surface area contributed by atoms with Crippen molar-refractivity contribution in [1.29, 1.82) is 0 Å². The molecule has 0 aromatic rings. The predicted octanol–water partition coefficient (Wildman–Crippen LogP) is -3.17. The molecule has 0 aromatic heterocycles. The van der Waals surface area contributed by atoms with Crippen molar-refractivity contribution in [2.45, 2.75) is 0 Å². The van der Waals surface area contributed by atoms with Gasteiger partial charge in [-0.2, -0.15) is 12.9 Å². The first-order chi connectivity index (χ1) is 7.12. The zero-order chi connectivity index (χ0) is 14.1. The van der Waals surface area contributed by atoms with Crippen molar-refractivity contribution in [3.8, 4) is 0 Å². The predicted molar refractivity (Wildman–Crippen MR) is 75.6 cm³/mol. The average Bonchev–Trinajstić information content (AvgIpc) is 1.65. The van der Waals surface area contributed by atoms with Crippen LogP contribution in [0.5, 0.6) is 0 Å². The summed E-state index contributed by atoms with van der Waals surface area (Å²) < 4.78 is 50.9. The molecular formula is H10K4O13P4. The Bertz CT molecular complexity index is 417. The van der Waals surface area contributed by atoms with E-state index >= 15 is 0 Å². The monoisotopic (exact) mass is 498 g/mol. The molecule has 2 unspecified atom stereocenters.